The van der Waals surface area contributed by atoms with Crippen LogP contribution in [0.25, 0.3) is 0 Å². The molecule has 0 aliphatic rings. The predicted molar refractivity (Wildman–Crippen MR) is 87.6 cm³/mol. The number of nitrogens with zero attached hydrogens (tertiary/aromatic N) is 2. The van der Waals surface area contributed by atoms with Gasteiger partial charge in [0.25, 0.3) is 5.91 Å². The van der Waals surface area contributed by atoms with Gasteiger partial charge in [0, 0.05) is 27.7 Å². The molecule has 0 radical (unpaired) electrons. The molecule has 2 rings (SSSR count). The Morgan fingerprint density at radius 2 is 1.87 bits per heavy atom. The van der Waals surface area contributed by atoms with Crippen LogP contribution in [0.1, 0.15) is 17.3 Å². The van der Waals surface area contributed by atoms with Crippen molar-refractivity contribution in [2.75, 3.05) is 11.4 Å². The van der Waals surface area contributed by atoms with Crippen molar-refractivity contribution >= 4 is 39.4 Å². The van der Waals surface area contributed by atoms with Crippen molar-refractivity contribution in [3.63, 3.8) is 0 Å². The second-order valence-corrected chi connectivity index (χ2v) is 6.51. The van der Waals surface area contributed by atoms with Crippen LogP contribution in [0.3, 0.4) is 0 Å². The quantitative estimate of drug-likeness (QED) is 0.662. The van der Waals surface area contributed by atoms with Gasteiger partial charge in [-0.15, -0.1) is 0 Å². The average molecular weight is 405 g/mol. The summed E-state index contributed by atoms with van der Waals surface area (Å²) in [5.41, 5.74) is -4.04. The van der Waals surface area contributed by atoms with E-state index in [0.717, 1.165) is 4.47 Å². The van der Waals surface area contributed by atoms with Crippen LogP contribution < -0.4 is 4.90 Å². The van der Waals surface area contributed by atoms with E-state index in [1.165, 1.54) is 29.2 Å². The lowest BCUT2D eigenvalue weighted by atomic mass is 10.2. The SMILES string of the molecule is CCN(C(=O)c1ccc(SC(F)(F)F)cc1)c1ccc(Br)cn1. The van der Waals surface area contributed by atoms with Gasteiger partial charge in [0.15, 0.2) is 0 Å². The highest BCUT2D eigenvalue weighted by molar-refractivity contribution is 9.10. The Morgan fingerprint density at radius 3 is 2.35 bits per heavy atom. The maximum atomic E-state index is 12.5. The van der Waals surface area contributed by atoms with Gasteiger partial charge in [-0.2, -0.15) is 13.2 Å². The highest BCUT2D eigenvalue weighted by Crippen LogP contribution is 2.36. The van der Waals surface area contributed by atoms with Gasteiger partial charge in [0.2, 0.25) is 0 Å². The summed E-state index contributed by atoms with van der Waals surface area (Å²) in [7, 11) is 0. The predicted octanol–water partition coefficient (Wildman–Crippen LogP) is 5.12. The van der Waals surface area contributed by atoms with E-state index in [1.54, 1.807) is 25.3 Å². The van der Waals surface area contributed by atoms with Gasteiger partial charge in [0.1, 0.15) is 5.82 Å². The summed E-state index contributed by atoms with van der Waals surface area (Å²) < 4.78 is 37.7. The summed E-state index contributed by atoms with van der Waals surface area (Å²) in [6, 6.07) is 8.80. The first kappa shape index (κ1) is 17.8. The molecule has 0 atom stereocenters. The molecule has 0 unspecified atom stereocenters. The van der Waals surface area contributed by atoms with Crippen molar-refractivity contribution < 1.29 is 18.0 Å². The molecule has 0 saturated heterocycles. The number of carbonyl (C=O) groups is 1. The van der Waals surface area contributed by atoms with Gasteiger partial charge in [0.05, 0.1) is 0 Å². The number of hydrogen-bond donors (Lipinski definition) is 0. The lowest BCUT2D eigenvalue weighted by molar-refractivity contribution is -0.0328. The number of rotatable bonds is 4. The summed E-state index contributed by atoms with van der Waals surface area (Å²) >= 11 is 3.06. The molecule has 0 saturated carbocycles. The zero-order chi connectivity index (χ0) is 17.0. The average Bonchev–Trinajstić information content (AvgIpc) is 2.49. The second-order valence-electron chi connectivity index (χ2n) is 4.46. The van der Waals surface area contributed by atoms with Gasteiger partial charge in [-0.05, 0) is 71.0 Å². The fraction of sp³-hybridized carbons (Fsp3) is 0.200. The highest BCUT2D eigenvalue weighted by atomic mass is 79.9. The smallest absolute Gasteiger partial charge is 0.293 e. The third-order valence-electron chi connectivity index (χ3n) is 2.88. The van der Waals surface area contributed by atoms with Crippen LogP contribution in [0.15, 0.2) is 52.0 Å². The third kappa shape index (κ3) is 4.97. The van der Waals surface area contributed by atoms with Crippen LogP contribution >= 0.6 is 27.7 Å². The first-order valence-corrected chi connectivity index (χ1v) is 8.20. The lowest BCUT2D eigenvalue weighted by Crippen LogP contribution is -2.31. The van der Waals surface area contributed by atoms with E-state index in [4.69, 9.17) is 0 Å². The zero-order valence-corrected chi connectivity index (χ0v) is 14.4. The molecular weight excluding hydrogens is 393 g/mol. The Hall–Kier alpha value is -1.54. The lowest BCUT2D eigenvalue weighted by Gasteiger charge is -2.20. The summed E-state index contributed by atoms with van der Waals surface area (Å²) in [4.78, 5) is 18.2. The maximum absolute atomic E-state index is 12.5. The summed E-state index contributed by atoms with van der Waals surface area (Å²) in [6.45, 7) is 2.20. The van der Waals surface area contributed by atoms with E-state index in [2.05, 4.69) is 20.9 Å². The van der Waals surface area contributed by atoms with Crippen LogP contribution in [-0.4, -0.2) is 22.9 Å². The van der Waals surface area contributed by atoms with Crippen molar-refractivity contribution in [1.82, 2.24) is 4.98 Å². The molecule has 0 aliphatic heterocycles. The van der Waals surface area contributed by atoms with E-state index >= 15 is 0 Å². The van der Waals surface area contributed by atoms with E-state index in [0.29, 0.717) is 17.9 Å². The van der Waals surface area contributed by atoms with E-state index < -0.39 is 5.51 Å². The largest absolute Gasteiger partial charge is 0.446 e. The van der Waals surface area contributed by atoms with Crippen LogP contribution in [0.4, 0.5) is 19.0 Å². The molecule has 23 heavy (non-hydrogen) atoms. The standard InChI is InChI=1S/C15H12BrF3N2OS/c1-2-21(13-8-5-11(16)9-20-13)14(22)10-3-6-12(7-4-10)23-15(17,18)19/h3-9H,2H2,1H3. The highest BCUT2D eigenvalue weighted by Gasteiger charge is 2.29. The summed E-state index contributed by atoms with van der Waals surface area (Å²) in [5.74, 6) is 0.167. The normalized spacial score (nSPS) is 11.3. The fourth-order valence-electron chi connectivity index (χ4n) is 1.89. The van der Waals surface area contributed by atoms with Gasteiger partial charge in [-0.3, -0.25) is 9.69 Å². The number of anilines is 1. The van der Waals surface area contributed by atoms with Gasteiger partial charge in [-0.25, -0.2) is 4.98 Å². The first-order valence-electron chi connectivity index (χ1n) is 6.59. The number of thioether (sulfide) groups is 1. The van der Waals surface area contributed by atoms with E-state index in [-0.39, 0.29) is 22.6 Å². The maximum Gasteiger partial charge on any atom is 0.446 e. The first-order chi connectivity index (χ1) is 10.8. The number of halogens is 4. The molecule has 122 valence electrons. The molecule has 0 fully saturated rings. The Labute approximate surface area is 144 Å². The molecule has 0 aliphatic carbocycles. The number of benzene rings is 1. The molecule has 1 aromatic carbocycles. The van der Waals surface area contributed by atoms with Gasteiger partial charge >= 0.3 is 5.51 Å². The Bertz CT molecular complexity index is 675. The molecule has 8 heteroatoms. The summed E-state index contributed by atoms with van der Waals surface area (Å²) in [6.07, 6.45) is 1.58. The van der Waals surface area contributed by atoms with Crippen LogP contribution in [0, 0.1) is 0 Å². The van der Waals surface area contributed by atoms with E-state index in [9.17, 15) is 18.0 Å². The third-order valence-corrected chi connectivity index (χ3v) is 4.09. The van der Waals surface area contributed by atoms with Gasteiger partial charge < -0.3 is 0 Å². The van der Waals surface area contributed by atoms with Crippen molar-refractivity contribution in [3.05, 3.63) is 52.6 Å². The van der Waals surface area contributed by atoms with Crippen LogP contribution in [0.5, 0.6) is 0 Å². The molecule has 0 bridgehead atoms. The fourth-order valence-corrected chi connectivity index (χ4v) is 2.67. The molecular formula is C15H12BrF3N2OS. The number of aromatic nitrogens is 1. The van der Waals surface area contributed by atoms with Crippen molar-refractivity contribution in [3.8, 4) is 0 Å². The molecule has 2 aromatic rings. The van der Waals surface area contributed by atoms with Crippen molar-refractivity contribution in [2.24, 2.45) is 0 Å². The molecule has 0 N–H and O–H groups in total. The van der Waals surface area contributed by atoms with Gasteiger partial charge in [-0.1, -0.05) is 0 Å². The minimum Gasteiger partial charge on any atom is -0.293 e. The Balaban J connectivity index is 2.19. The van der Waals surface area contributed by atoms with Crippen LogP contribution in [0.2, 0.25) is 0 Å². The number of carbonyl (C=O) groups excluding carboxylic acids is 1. The molecule has 1 aromatic heterocycles. The van der Waals surface area contributed by atoms with E-state index in [1.807, 2.05) is 0 Å². The number of amides is 1. The second kappa shape index (κ2) is 7.35. The van der Waals surface area contributed by atoms with Crippen LogP contribution in [-0.2, 0) is 0 Å². The minimum absolute atomic E-state index is 0.0406. The topological polar surface area (TPSA) is 33.2 Å². The Kier molecular flexibility index (Phi) is 5.69. The number of alkyl halides is 3. The van der Waals surface area contributed by atoms with Crippen molar-refractivity contribution in [2.45, 2.75) is 17.3 Å². The molecule has 1 amide bonds. The summed E-state index contributed by atoms with van der Waals surface area (Å²) in [5, 5.41) is 0. The Morgan fingerprint density at radius 1 is 1.22 bits per heavy atom. The number of pyridine rings is 1. The molecule has 0 spiro atoms. The van der Waals surface area contributed by atoms with Crippen molar-refractivity contribution in [1.29, 1.82) is 0 Å². The zero-order valence-electron chi connectivity index (χ0n) is 12.0. The molecule has 1 heterocycles. The molecule has 3 nitrogen and oxygen atoms in total. The monoisotopic (exact) mass is 404 g/mol. The number of hydrogen-bond acceptors (Lipinski definition) is 3. The minimum atomic E-state index is -4.34.